The van der Waals surface area contributed by atoms with Crippen LogP contribution in [-0.4, -0.2) is 53.1 Å². The molecule has 2 aliphatic heterocycles. The van der Waals surface area contributed by atoms with Crippen molar-refractivity contribution in [2.75, 3.05) is 34.4 Å². The van der Waals surface area contributed by atoms with E-state index < -0.39 is 0 Å². The Morgan fingerprint density at radius 3 is 3.10 bits per heavy atom. The average Bonchev–Trinajstić information content (AvgIpc) is 3.35. The number of para-hydroxylation sites is 2. The number of ether oxygens (including phenoxy) is 1. The van der Waals surface area contributed by atoms with Crippen molar-refractivity contribution in [1.29, 1.82) is 0 Å². The van der Waals surface area contributed by atoms with Crippen LogP contribution in [0.4, 0.5) is 16.5 Å². The van der Waals surface area contributed by atoms with Crippen LogP contribution < -0.4 is 15.5 Å². The highest BCUT2D eigenvalue weighted by Crippen LogP contribution is 2.33. The average molecular weight is 434 g/mol. The van der Waals surface area contributed by atoms with E-state index in [0.29, 0.717) is 5.69 Å². The molecule has 2 N–H and O–H groups in total. The molecule has 8 nitrogen and oxygen atoms in total. The van der Waals surface area contributed by atoms with E-state index in [9.17, 15) is 9.59 Å². The minimum absolute atomic E-state index is 0.0597. The molecule has 0 bridgehead atoms. The van der Waals surface area contributed by atoms with Gasteiger partial charge in [0, 0.05) is 25.6 Å². The largest absolute Gasteiger partial charge is 0.376 e. The second-order valence-electron chi connectivity index (χ2n) is 7.06. The van der Waals surface area contributed by atoms with Crippen LogP contribution in [-0.2, 0) is 14.3 Å². The van der Waals surface area contributed by atoms with Crippen LogP contribution in [0, 0.1) is 0 Å². The Morgan fingerprint density at radius 1 is 1.41 bits per heavy atom. The Labute approximate surface area is 177 Å². The molecule has 1 aromatic heterocycles. The SMILES string of the molecule is C[C@@H]1CC(=O)Nc2ccccc2N1C(=O)CSc1nnc(NC[C@@H]2CCCO2)s1. The van der Waals surface area contributed by atoms with Gasteiger partial charge in [-0.15, -0.1) is 10.2 Å². The van der Waals surface area contributed by atoms with Gasteiger partial charge < -0.3 is 20.3 Å². The first-order valence-corrected chi connectivity index (χ1v) is 11.4. The van der Waals surface area contributed by atoms with Gasteiger partial charge in [-0.2, -0.15) is 0 Å². The van der Waals surface area contributed by atoms with Crippen LogP contribution in [0.15, 0.2) is 28.6 Å². The monoisotopic (exact) mass is 433 g/mol. The van der Waals surface area contributed by atoms with Crippen LogP contribution in [0.5, 0.6) is 0 Å². The van der Waals surface area contributed by atoms with Gasteiger partial charge in [0.2, 0.25) is 16.9 Å². The molecule has 2 aromatic rings. The zero-order chi connectivity index (χ0) is 20.2. The van der Waals surface area contributed by atoms with E-state index in [4.69, 9.17) is 4.74 Å². The topological polar surface area (TPSA) is 96.5 Å². The molecule has 154 valence electrons. The Kier molecular flexibility index (Phi) is 6.31. The lowest BCUT2D eigenvalue weighted by molar-refractivity contribution is -0.117. The Balaban J connectivity index is 1.37. The molecular weight excluding hydrogens is 410 g/mol. The second-order valence-corrected chi connectivity index (χ2v) is 9.26. The molecule has 0 saturated carbocycles. The standard InChI is InChI=1S/C19H23N5O3S2/c1-12-9-16(25)21-14-6-2-3-7-15(14)24(12)17(26)11-28-19-23-22-18(29-19)20-10-13-5-4-8-27-13/h2-3,6-7,12-13H,4-5,8-11H2,1H3,(H,20,22)(H,21,25)/t12-,13+/m1/s1. The second kappa shape index (κ2) is 9.10. The van der Waals surface area contributed by atoms with Crippen LogP contribution in [0.3, 0.4) is 0 Å². The zero-order valence-corrected chi connectivity index (χ0v) is 17.7. The van der Waals surface area contributed by atoms with Gasteiger partial charge in [0.05, 0.1) is 23.2 Å². The first kappa shape index (κ1) is 20.1. The molecule has 1 aromatic carbocycles. The van der Waals surface area contributed by atoms with Crippen molar-refractivity contribution < 1.29 is 14.3 Å². The quantitative estimate of drug-likeness (QED) is 0.676. The third-order valence-electron chi connectivity index (χ3n) is 4.86. The summed E-state index contributed by atoms with van der Waals surface area (Å²) in [5.74, 6) is 0.0854. The lowest BCUT2D eigenvalue weighted by Crippen LogP contribution is -2.40. The number of carbonyl (C=O) groups is 2. The molecule has 0 unspecified atom stereocenters. The van der Waals surface area contributed by atoms with Crippen LogP contribution in [0.25, 0.3) is 0 Å². The van der Waals surface area contributed by atoms with Gasteiger partial charge in [-0.25, -0.2) is 0 Å². The van der Waals surface area contributed by atoms with Gasteiger partial charge in [0.25, 0.3) is 0 Å². The lowest BCUT2D eigenvalue weighted by atomic mass is 10.2. The zero-order valence-electron chi connectivity index (χ0n) is 16.1. The van der Waals surface area contributed by atoms with Crippen LogP contribution in [0.2, 0.25) is 0 Å². The number of thioether (sulfide) groups is 1. The summed E-state index contributed by atoms with van der Waals surface area (Å²) in [4.78, 5) is 26.8. The predicted molar refractivity (Wildman–Crippen MR) is 115 cm³/mol. The number of aromatic nitrogens is 2. The van der Waals surface area contributed by atoms with Gasteiger partial charge in [-0.3, -0.25) is 9.59 Å². The van der Waals surface area contributed by atoms with Gasteiger partial charge in [0.1, 0.15) is 0 Å². The maximum atomic E-state index is 13.0. The summed E-state index contributed by atoms with van der Waals surface area (Å²) < 4.78 is 6.33. The first-order chi connectivity index (χ1) is 14.1. The highest BCUT2D eigenvalue weighted by molar-refractivity contribution is 8.01. The van der Waals surface area contributed by atoms with E-state index in [1.54, 1.807) is 4.90 Å². The summed E-state index contributed by atoms with van der Waals surface area (Å²) in [7, 11) is 0. The maximum absolute atomic E-state index is 13.0. The van der Waals surface area contributed by atoms with Crippen molar-refractivity contribution in [3.63, 3.8) is 0 Å². The molecule has 0 aliphatic carbocycles. The Morgan fingerprint density at radius 2 is 2.28 bits per heavy atom. The number of hydrogen-bond acceptors (Lipinski definition) is 8. The number of anilines is 3. The molecule has 1 saturated heterocycles. The van der Waals surface area contributed by atoms with E-state index >= 15 is 0 Å². The minimum atomic E-state index is -0.218. The van der Waals surface area contributed by atoms with E-state index in [0.717, 1.165) is 41.2 Å². The molecular formula is C19H23N5O3S2. The van der Waals surface area contributed by atoms with Crippen molar-refractivity contribution in [2.24, 2.45) is 0 Å². The summed E-state index contributed by atoms with van der Waals surface area (Å²) >= 11 is 2.80. The minimum Gasteiger partial charge on any atom is -0.376 e. The highest BCUT2D eigenvalue weighted by atomic mass is 32.2. The van der Waals surface area contributed by atoms with Gasteiger partial charge in [-0.05, 0) is 31.9 Å². The molecule has 2 atom stereocenters. The third kappa shape index (κ3) is 4.88. The van der Waals surface area contributed by atoms with Gasteiger partial charge >= 0.3 is 0 Å². The fraction of sp³-hybridized carbons (Fsp3) is 0.474. The predicted octanol–water partition coefficient (Wildman–Crippen LogP) is 2.99. The first-order valence-electron chi connectivity index (χ1n) is 9.63. The Hall–Kier alpha value is -2.17. The van der Waals surface area contributed by atoms with Crippen molar-refractivity contribution >= 4 is 51.4 Å². The molecule has 1 fully saturated rings. The van der Waals surface area contributed by atoms with E-state index in [1.165, 1.54) is 23.1 Å². The van der Waals surface area contributed by atoms with Gasteiger partial charge in [-0.1, -0.05) is 35.2 Å². The molecule has 10 heteroatoms. The fourth-order valence-corrected chi connectivity index (χ4v) is 5.12. The van der Waals surface area contributed by atoms with E-state index in [1.807, 2.05) is 31.2 Å². The number of hydrogen-bond donors (Lipinski definition) is 2. The summed E-state index contributed by atoms with van der Waals surface area (Å²) in [6.07, 6.45) is 2.67. The number of fused-ring (bicyclic) bond motifs is 1. The number of nitrogens with one attached hydrogen (secondary N) is 2. The van der Waals surface area contributed by atoms with Crippen molar-refractivity contribution in [3.8, 4) is 0 Å². The normalized spacial score (nSPS) is 21.4. The number of rotatable bonds is 6. The van der Waals surface area contributed by atoms with Crippen molar-refractivity contribution in [2.45, 2.75) is 42.7 Å². The van der Waals surface area contributed by atoms with Crippen LogP contribution in [0.1, 0.15) is 26.2 Å². The molecule has 4 rings (SSSR count). The highest BCUT2D eigenvalue weighted by Gasteiger charge is 2.29. The maximum Gasteiger partial charge on any atom is 0.237 e. The number of nitrogens with zero attached hydrogens (tertiary/aromatic N) is 3. The summed E-state index contributed by atoms with van der Waals surface area (Å²) in [6, 6.07) is 7.17. The smallest absolute Gasteiger partial charge is 0.237 e. The molecule has 2 amide bonds. The third-order valence-corrected chi connectivity index (χ3v) is 6.86. The van der Waals surface area contributed by atoms with Crippen molar-refractivity contribution in [3.05, 3.63) is 24.3 Å². The number of carbonyl (C=O) groups excluding carboxylic acids is 2. The van der Waals surface area contributed by atoms with Gasteiger partial charge in [0.15, 0.2) is 4.34 Å². The number of benzene rings is 1. The Bertz CT molecular complexity index is 884. The lowest BCUT2D eigenvalue weighted by Gasteiger charge is -2.27. The van der Waals surface area contributed by atoms with E-state index in [-0.39, 0.29) is 36.1 Å². The fourth-order valence-electron chi connectivity index (χ4n) is 3.51. The number of amides is 2. The molecule has 3 heterocycles. The van der Waals surface area contributed by atoms with E-state index in [2.05, 4.69) is 20.8 Å². The summed E-state index contributed by atoms with van der Waals surface area (Å²) in [5, 5.41) is 15.2. The molecule has 0 radical (unpaired) electrons. The van der Waals surface area contributed by atoms with Crippen molar-refractivity contribution in [1.82, 2.24) is 10.2 Å². The summed E-state index contributed by atoms with van der Waals surface area (Å²) in [5.41, 5.74) is 1.39. The molecule has 29 heavy (non-hydrogen) atoms. The van der Waals surface area contributed by atoms with Crippen LogP contribution >= 0.6 is 23.1 Å². The molecule has 0 spiro atoms. The summed E-state index contributed by atoms with van der Waals surface area (Å²) in [6.45, 7) is 3.44. The molecule has 2 aliphatic rings.